The average molecular weight is 1230 g/mol. The Morgan fingerprint density at radius 2 is 1.64 bits per heavy atom. The Kier molecular flexibility index (Phi) is 13.8. The summed E-state index contributed by atoms with van der Waals surface area (Å²) < 4.78 is 0. The quantitative estimate of drug-likeness (QED) is 0.0855. The number of aryl methyl sites for hydroxylation is 1. The smallest absolute Gasteiger partial charge is 0.307 e. The van der Waals surface area contributed by atoms with E-state index in [1.165, 1.54) is 101 Å². The molecule has 92 heavy (non-hydrogen) atoms. The topological polar surface area (TPSA) is 122 Å². The van der Waals surface area contributed by atoms with Crippen LogP contribution in [0.4, 0.5) is 0 Å². The summed E-state index contributed by atoms with van der Waals surface area (Å²) in [4.78, 5) is 15.4. The maximum absolute atomic E-state index is 15.4. The van der Waals surface area contributed by atoms with Gasteiger partial charge in [0, 0.05) is 64.8 Å². The minimum atomic E-state index is -1.01. The third-order valence-electron chi connectivity index (χ3n) is 30.1. The predicted molar refractivity (Wildman–Crippen MR) is 365 cm³/mol. The summed E-state index contributed by atoms with van der Waals surface area (Å²) in [5, 5.41) is 62.4. The van der Waals surface area contributed by atoms with Crippen LogP contribution in [-0.2, 0) is 11.2 Å². The van der Waals surface area contributed by atoms with Crippen LogP contribution in [0.2, 0.25) is 0 Å². The summed E-state index contributed by atoms with van der Waals surface area (Å²) in [5.74, 6) is 9.25. The van der Waals surface area contributed by atoms with Gasteiger partial charge in [-0.15, -0.1) is 11.8 Å². The van der Waals surface area contributed by atoms with E-state index >= 15 is 4.79 Å². The third kappa shape index (κ3) is 7.92. The molecule has 6 N–H and O–H groups in total. The van der Waals surface area contributed by atoms with Crippen molar-refractivity contribution in [2.75, 3.05) is 13.1 Å². The molecule has 0 radical (unpaired) electrons. The van der Waals surface area contributed by atoms with Crippen molar-refractivity contribution in [2.24, 2.45) is 91.2 Å². The van der Waals surface area contributed by atoms with Crippen LogP contribution in [-0.4, -0.2) is 51.7 Å². The highest BCUT2D eigenvalue weighted by atomic mass is 16.4. The number of aliphatic hydroxyl groups excluding tert-OH is 3. The van der Waals surface area contributed by atoms with Crippen LogP contribution in [0.3, 0.4) is 0 Å². The van der Waals surface area contributed by atoms with E-state index in [2.05, 4.69) is 150 Å². The molecular weight excluding hydrogens is 1130 g/mol. The van der Waals surface area contributed by atoms with Crippen molar-refractivity contribution in [1.82, 2.24) is 10.6 Å². The molecule has 6 saturated carbocycles. The summed E-state index contributed by atoms with van der Waals surface area (Å²) in [5.41, 5.74) is 9.46. The molecular formula is C85H98N2O5. The molecule has 18 aliphatic rings. The summed E-state index contributed by atoms with van der Waals surface area (Å²) in [6.07, 6.45) is 46.9. The van der Waals surface area contributed by atoms with Gasteiger partial charge in [0.1, 0.15) is 0 Å². The zero-order valence-electron chi connectivity index (χ0n) is 54.3. The van der Waals surface area contributed by atoms with E-state index in [1.807, 2.05) is 0 Å². The van der Waals surface area contributed by atoms with Gasteiger partial charge in [-0.25, -0.2) is 0 Å². The SMILES string of the molecule is O=C(O)[C@@H]1CC/C(=C\O)[C@H](C2CCCCC2)CCCNC2=CC=C(CN2)c2cccc(c2)[C@@H]2CC#CC[C@@]34CC=C[C@@]56C=C7C2=c2ccccc2=C[C@@H]7[C@@](CC[C@@H]3O)(C2=C(C5)[C@]35[C@@H]7CC[C@]8(CC[C@H](CCc9ccccc9)C8)[C@@H]7C=C[C@@]17[C@H](O)[C@H]3CCC[C@@]75CC2)C64. The monoisotopic (exact) mass is 1230 g/mol. The molecule has 3 aromatic rings. The van der Waals surface area contributed by atoms with E-state index in [1.54, 1.807) is 11.1 Å². The number of nitrogens with one attached hydrogen (secondary N) is 2. The van der Waals surface area contributed by atoms with Crippen LogP contribution < -0.4 is 21.1 Å². The van der Waals surface area contributed by atoms with Gasteiger partial charge in [0.15, 0.2) is 0 Å². The molecule has 478 valence electrons. The maximum Gasteiger partial charge on any atom is 0.307 e. The predicted octanol–water partition coefficient (Wildman–Crippen LogP) is 15.4. The number of allylic oxidation sites excluding steroid dienone is 10. The highest BCUT2D eigenvalue weighted by molar-refractivity contribution is 5.81. The van der Waals surface area contributed by atoms with Gasteiger partial charge < -0.3 is 31.1 Å². The van der Waals surface area contributed by atoms with Crippen LogP contribution in [0.15, 0.2) is 156 Å². The second-order valence-corrected chi connectivity index (χ2v) is 33.0. The Labute approximate surface area is 546 Å². The number of benzene rings is 3. The molecule has 18 bridgehead atoms. The first-order chi connectivity index (χ1) is 45.0. The zero-order valence-corrected chi connectivity index (χ0v) is 54.3. The van der Waals surface area contributed by atoms with E-state index in [0.29, 0.717) is 44.1 Å². The average Bonchev–Trinajstić information content (AvgIpc) is 1.28. The van der Waals surface area contributed by atoms with Gasteiger partial charge in [-0.05, 0) is 243 Å². The zero-order chi connectivity index (χ0) is 61.8. The molecule has 18 atom stereocenters. The van der Waals surface area contributed by atoms with Gasteiger partial charge in [-0.2, -0.15) is 0 Å². The van der Waals surface area contributed by atoms with Gasteiger partial charge in [0.25, 0.3) is 0 Å². The number of dihydropyridines is 1. The van der Waals surface area contributed by atoms with Crippen LogP contribution in [0.1, 0.15) is 190 Å². The fourth-order valence-corrected chi connectivity index (χ4v) is 27.2. The summed E-state index contributed by atoms with van der Waals surface area (Å²) in [7, 11) is 0. The second kappa shape index (κ2) is 21.7. The molecule has 4 heterocycles. The molecule has 7 nitrogen and oxygen atoms in total. The molecule has 4 aliphatic heterocycles. The molecule has 7 heteroatoms. The normalized spacial score (nSPS) is 43.1. The highest BCUT2D eigenvalue weighted by Gasteiger charge is 2.85. The summed E-state index contributed by atoms with van der Waals surface area (Å²) in [6, 6.07) is 29.9. The van der Waals surface area contributed by atoms with E-state index < -0.39 is 51.2 Å². The van der Waals surface area contributed by atoms with Crippen molar-refractivity contribution in [2.45, 2.75) is 191 Å². The van der Waals surface area contributed by atoms with Crippen molar-refractivity contribution >= 4 is 23.2 Å². The van der Waals surface area contributed by atoms with E-state index in [9.17, 15) is 20.4 Å². The van der Waals surface area contributed by atoms with Gasteiger partial charge >= 0.3 is 5.97 Å². The number of fused-ring (bicyclic) bond motifs is 7. The van der Waals surface area contributed by atoms with Crippen molar-refractivity contribution in [1.29, 1.82) is 0 Å². The molecule has 21 rings (SSSR count). The number of aliphatic carboxylic acids is 1. The maximum atomic E-state index is 15.4. The molecule has 0 saturated heterocycles. The third-order valence-corrected chi connectivity index (χ3v) is 30.1. The first-order valence-corrected chi connectivity index (χ1v) is 37.1. The lowest BCUT2D eigenvalue weighted by molar-refractivity contribution is -0.179. The van der Waals surface area contributed by atoms with E-state index in [-0.39, 0.29) is 52.3 Å². The molecule has 4 spiro atoms. The lowest BCUT2D eigenvalue weighted by Crippen LogP contribution is -2.69. The number of rotatable bonds is 5. The van der Waals surface area contributed by atoms with Crippen LogP contribution >= 0.6 is 0 Å². The first kappa shape index (κ1) is 58.5. The number of aliphatic hydroxyl groups is 3. The Morgan fingerprint density at radius 1 is 0.772 bits per heavy atom. The Hall–Kier alpha value is -6.07. The van der Waals surface area contributed by atoms with Crippen LogP contribution in [0, 0.1) is 103 Å². The minimum absolute atomic E-state index is 0.00770. The molecule has 0 amide bonds. The number of carboxylic acids is 1. The molecule has 1 unspecified atom stereocenters. The number of hydrogen-bond acceptors (Lipinski definition) is 6. The molecule has 14 aliphatic carbocycles. The number of carboxylic acid groups (broad SMARTS) is 1. The summed E-state index contributed by atoms with van der Waals surface area (Å²) in [6.45, 7) is 1.52. The lowest BCUT2D eigenvalue weighted by Gasteiger charge is -2.74. The molecule has 3 aromatic carbocycles. The van der Waals surface area contributed by atoms with Gasteiger partial charge in [-0.3, -0.25) is 4.79 Å². The van der Waals surface area contributed by atoms with Crippen LogP contribution in [0.5, 0.6) is 0 Å². The first-order valence-electron chi connectivity index (χ1n) is 37.1. The fourth-order valence-electron chi connectivity index (χ4n) is 27.2. The van der Waals surface area contributed by atoms with Gasteiger partial charge in [0.2, 0.25) is 0 Å². The number of carbonyl (C=O) groups is 1. The largest absolute Gasteiger partial charge is 0.516 e. The Morgan fingerprint density at radius 3 is 2.50 bits per heavy atom. The van der Waals surface area contributed by atoms with Crippen molar-refractivity contribution in [3.63, 3.8) is 0 Å². The van der Waals surface area contributed by atoms with Crippen molar-refractivity contribution in [3.05, 3.63) is 183 Å². The number of hydrogen-bond donors (Lipinski definition) is 6. The molecule has 0 aromatic heterocycles. The van der Waals surface area contributed by atoms with E-state index in [4.69, 9.17) is 0 Å². The Bertz CT molecular complexity index is 3960. The summed E-state index contributed by atoms with van der Waals surface area (Å²) >= 11 is 0. The van der Waals surface area contributed by atoms with Crippen molar-refractivity contribution in [3.8, 4) is 11.8 Å². The van der Waals surface area contributed by atoms with Gasteiger partial charge in [0.05, 0.1) is 30.2 Å². The van der Waals surface area contributed by atoms with Crippen molar-refractivity contribution < 1.29 is 25.2 Å². The second-order valence-electron chi connectivity index (χ2n) is 33.0. The fraction of sp³-hybridized carbons (Fsp3) is 0.565. The standard InChI is InChI=1S/C85H98N2O5/c88-53-61-28-30-70(77(91)92)84-45-35-66-68(33-42-79(66)41-32-55(49-79)27-26-54-15-3-1-4-16-54)85-69(76(84)90)25-12-40-82(84,85)43-34-67-72(85)51-80-37-14-39-81-38-10-9-23-63(75-64-22-8-7-19-59(64)48-71(65(75)50-80)83(67,78(80)81)44-36-73(81)89)58-21-11-20-57(47-58)60-29-31-74(87-52-60)86-46-13-24-62(61)56-17-5-2-6-18-56/h1,3-4,7-8,11,14-16,19-22,29,31,35,37,45,47-48,50,53,55-56,62-63,66,68-71,73,76,78,86-90H,2,5-6,12-13,17-18,23-28,30,32-34,36,38-44,46,49,51-52H2,(H,91,92)/b61-53+/t55-,62-,63-,66+,68+,69+,70-,71-,73-,76+,78?,79-,80+,81+,82+,83+,84-,85-/m0/s1. The lowest BCUT2D eigenvalue weighted by atomic mass is 9.29. The minimum Gasteiger partial charge on any atom is -0.516 e. The highest BCUT2D eigenvalue weighted by Crippen LogP contribution is 2.89. The Balaban J connectivity index is 0.880. The van der Waals surface area contributed by atoms with E-state index in [0.717, 1.165) is 114 Å². The molecule has 6 fully saturated rings. The van der Waals surface area contributed by atoms with Crippen LogP contribution in [0.25, 0.3) is 17.2 Å². The van der Waals surface area contributed by atoms with Gasteiger partial charge in [-0.1, -0.05) is 158 Å².